The number of rotatable bonds is 2. The lowest BCUT2D eigenvalue weighted by Crippen LogP contribution is -2.14. The normalized spacial score (nSPS) is 12.1. The monoisotopic (exact) mass is 178 g/mol. The maximum absolute atomic E-state index is 11.2. The quantitative estimate of drug-likeness (QED) is 0.246. The Balaban J connectivity index is 2.91. The van der Waals surface area contributed by atoms with Gasteiger partial charge in [-0.2, -0.15) is 0 Å². The van der Waals surface area contributed by atoms with Crippen molar-refractivity contribution in [2.75, 3.05) is 5.73 Å². The molecule has 0 aliphatic rings. The van der Waals surface area contributed by atoms with E-state index in [1.165, 1.54) is 0 Å². The molecule has 0 atom stereocenters. The van der Waals surface area contributed by atoms with Crippen LogP contribution in [0.2, 0.25) is 0 Å². The van der Waals surface area contributed by atoms with Gasteiger partial charge in [0.25, 0.3) is 0 Å². The van der Waals surface area contributed by atoms with Gasteiger partial charge in [-0.15, -0.1) is 0 Å². The van der Waals surface area contributed by atoms with Crippen molar-refractivity contribution in [2.24, 2.45) is 0 Å². The van der Waals surface area contributed by atoms with Crippen LogP contribution in [-0.4, -0.2) is 17.0 Å². The Kier molecular flexibility index (Phi) is 2.90. The molecule has 0 radical (unpaired) electrons. The summed E-state index contributed by atoms with van der Waals surface area (Å²) < 4.78 is 0.911. The molecule has 1 rings (SSSR count). The molecule has 0 unspecified atom stereocenters. The number of hydroxylamine groups is 1. The van der Waals surface area contributed by atoms with Crippen molar-refractivity contribution < 1.29 is 4.74 Å². The molecule has 3 heteroatoms. The lowest BCUT2D eigenvalue weighted by molar-refractivity contribution is -0.487. The Labute approximate surface area is 78.1 Å². The lowest BCUT2D eigenvalue weighted by atomic mass is 10.2. The number of nitrogen functional groups attached to an aromatic ring is 1. The zero-order valence-electron chi connectivity index (χ0n) is 7.90. The van der Waals surface area contributed by atoms with Crippen LogP contribution in [0.25, 0.3) is 0 Å². The molecule has 0 spiro atoms. The first-order chi connectivity index (χ1) is 6.09. The van der Waals surface area contributed by atoms with Crippen molar-refractivity contribution in [3.63, 3.8) is 0 Å². The van der Waals surface area contributed by atoms with Crippen LogP contribution in [0.4, 0.5) is 5.69 Å². The third kappa shape index (κ3) is 2.78. The standard InChI is InChI=1S/C10H14N2O/c1-8(2)12(13)7-9-4-3-5-10(11)6-9/h3-8H,11H2,1-2H3/b12-7-. The third-order valence-corrected chi connectivity index (χ3v) is 1.70. The van der Waals surface area contributed by atoms with E-state index in [0.717, 1.165) is 10.3 Å². The van der Waals surface area contributed by atoms with Gasteiger partial charge < -0.3 is 10.9 Å². The van der Waals surface area contributed by atoms with E-state index in [9.17, 15) is 5.21 Å². The second-order valence-electron chi connectivity index (χ2n) is 3.25. The van der Waals surface area contributed by atoms with Gasteiger partial charge in [-0.05, 0) is 32.0 Å². The van der Waals surface area contributed by atoms with Crippen LogP contribution in [0.15, 0.2) is 24.3 Å². The van der Waals surface area contributed by atoms with E-state index in [0.29, 0.717) is 5.69 Å². The Morgan fingerprint density at radius 2 is 2.15 bits per heavy atom. The van der Waals surface area contributed by atoms with Gasteiger partial charge in [-0.1, -0.05) is 6.07 Å². The van der Waals surface area contributed by atoms with Gasteiger partial charge in [-0.25, -0.2) is 4.74 Å². The first kappa shape index (κ1) is 9.58. The van der Waals surface area contributed by atoms with Gasteiger partial charge in [0.05, 0.1) is 0 Å². The predicted octanol–water partition coefficient (Wildman–Crippen LogP) is 1.61. The van der Waals surface area contributed by atoms with Crippen molar-refractivity contribution in [3.8, 4) is 0 Å². The van der Waals surface area contributed by atoms with Gasteiger partial charge in [0.1, 0.15) is 0 Å². The highest BCUT2D eigenvalue weighted by molar-refractivity contribution is 5.77. The average Bonchev–Trinajstić information content (AvgIpc) is 2.04. The molecular weight excluding hydrogens is 164 g/mol. The fourth-order valence-corrected chi connectivity index (χ4v) is 0.935. The number of nitrogens with zero attached hydrogens (tertiary/aromatic N) is 1. The number of anilines is 1. The molecule has 70 valence electrons. The molecule has 0 aromatic heterocycles. The summed E-state index contributed by atoms with van der Waals surface area (Å²) in [6, 6.07) is 7.20. The summed E-state index contributed by atoms with van der Waals surface area (Å²) in [5.74, 6) is 0. The van der Waals surface area contributed by atoms with Gasteiger partial charge >= 0.3 is 0 Å². The van der Waals surface area contributed by atoms with Gasteiger partial charge in [0.2, 0.25) is 0 Å². The summed E-state index contributed by atoms with van der Waals surface area (Å²) in [4.78, 5) is 0. The second-order valence-corrected chi connectivity index (χ2v) is 3.25. The molecule has 0 aliphatic carbocycles. The van der Waals surface area contributed by atoms with Gasteiger partial charge in [-0.3, -0.25) is 0 Å². The molecular formula is C10H14N2O. The average molecular weight is 178 g/mol. The summed E-state index contributed by atoms with van der Waals surface area (Å²) in [5, 5.41) is 11.2. The summed E-state index contributed by atoms with van der Waals surface area (Å²) in [6.45, 7) is 3.69. The molecule has 0 heterocycles. The molecule has 1 aromatic carbocycles. The summed E-state index contributed by atoms with van der Waals surface area (Å²) in [7, 11) is 0. The van der Waals surface area contributed by atoms with Crippen LogP contribution >= 0.6 is 0 Å². The van der Waals surface area contributed by atoms with Crippen molar-refractivity contribution >= 4 is 11.9 Å². The van der Waals surface area contributed by atoms with Crippen LogP contribution in [-0.2, 0) is 0 Å². The number of hydrogen-bond donors (Lipinski definition) is 1. The Bertz CT molecular complexity index is 318. The minimum atomic E-state index is -0.0403. The van der Waals surface area contributed by atoms with Gasteiger partial charge in [0, 0.05) is 11.3 Å². The first-order valence-corrected chi connectivity index (χ1v) is 4.25. The van der Waals surface area contributed by atoms with E-state index < -0.39 is 0 Å². The van der Waals surface area contributed by atoms with E-state index in [2.05, 4.69) is 0 Å². The zero-order valence-corrected chi connectivity index (χ0v) is 7.90. The van der Waals surface area contributed by atoms with E-state index in [-0.39, 0.29) is 6.04 Å². The van der Waals surface area contributed by atoms with Crippen molar-refractivity contribution in [2.45, 2.75) is 19.9 Å². The number of benzene rings is 1. The number of hydrogen-bond acceptors (Lipinski definition) is 2. The van der Waals surface area contributed by atoms with Crippen LogP contribution in [0.5, 0.6) is 0 Å². The van der Waals surface area contributed by atoms with E-state index in [1.54, 1.807) is 18.3 Å². The molecule has 0 fully saturated rings. The van der Waals surface area contributed by atoms with Crippen molar-refractivity contribution in [3.05, 3.63) is 35.0 Å². The molecule has 2 N–H and O–H groups in total. The zero-order chi connectivity index (χ0) is 9.84. The van der Waals surface area contributed by atoms with Crippen LogP contribution in [0.3, 0.4) is 0 Å². The Morgan fingerprint density at radius 1 is 1.46 bits per heavy atom. The van der Waals surface area contributed by atoms with Crippen molar-refractivity contribution in [1.29, 1.82) is 0 Å². The summed E-state index contributed by atoms with van der Waals surface area (Å²) in [5.41, 5.74) is 7.08. The lowest BCUT2D eigenvalue weighted by Gasteiger charge is -2.06. The third-order valence-electron chi connectivity index (χ3n) is 1.70. The fourth-order valence-electron chi connectivity index (χ4n) is 0.935. The second kappa shape index (κ2) is 3.94. The molecule has 3 nitrogen and oxygen atoms in total. The van der Waals surface area contributed by atoms with Crippen LogP contribution < -0.4 is 5.73 Å². The van der Waals surface area contributed by atoms with Crippen LogP contribution in [0, 0.1) is 5.21 Å². The largest absolute Gasteiger partial charge is 0.624 e. The first-order valence-electron chi connectivity index (χ1n) is 4.25. The maximum atomic E-state index is 11.2. The maximum Gasteiger partial charge on any atom is 0.182 e. The smallest absolute Gasteiger partial charge is 0.182 e. The minimum absolute atomic E-state index is 0.0403. The molecule has 0 saturated carbocycles. The topological polar surface area (TPSA) is 52.1 Å². The molecule has 0 aliphatic heterocycles. The minimum Gasteiger partial charge on any atom is -0.624 e. The predicted molar refractivity (Wildman–Crippen MR) is 54.8 cm³/mol. The Hall–Kier alpha value is -1.51. The molecule has 0 amide bonds. The van der Waals surface area contributed by atoms with Crippen molar-refractivity contribution in [1.82, 2.24) is 0 Å². The molecule has 0 bridgehead atoms. The highest BCUT2D eigenvalue weighted by Gasteiger charge is 2.00. The summed E-state index contributed by atoms with van der Waals surface area (Å²) in [6.07, 6.45) is 1.54. The molecule has 1 aromatic rings. The SMILES string of the molecule is CC(C)/[N+]([O-])=C/c1cccc(N)c1. The van der Waals surface area contributed by atoms with E-state index in [4.69, 9.17) is 5.73 Å². The van der Waals surface area contributed by atoms with E-state index in [1.807, 2.05) is 26.0 Å². The number of nitrogens with two attached hydrogens (primary N) is 1. The molecule has 0 saturated heterocycles. The highest BCUT2D eigenvalue weighted by atomic mass is 16.5. The highest BCUT2D eigenvalue weighted by Crippen LogP contribution is 2.04. The molecule has 13 heavy (non-hydrogen) atoms. The Morgan fingerprint density at radius 3 is 2.69 bits per heavy atom. The van der Waals surface area contributed by atoms with Crippen LogP contribution in [0.1, 0.15) is 19.4 Å². The summed E-state index contributed by atoms with van der Waals surface area (Å²) >= 11 is 0. The fraction of sp³-hybridized carbons (Fsp3) is 0.300. The van der Waals surface area contributed by atoms with E-state index >= 15 is 0 Å². The van der Waals surface area contributed by atoms with Gasteiger partial charge in [0.15, 0.2) is 12.3 Å².